The van der Waals surface area contributed by atoms with E-state index < -0.39 is 19.6 Å². The fraction of sp³-hybridized carbons (Fsp3) is 0.545. The van der Waals surface area contributed by atoms with Crippen LogP contribution in [-0.4, -0.2) is 70.0 Å². The first-order valence-electron chi connectivity index (χ1n) is 20.6. The lowest BCUT2D eigenvalue weighted by molar-refractivity contribution is -0.0638. The molecule has 4 saturated carbocycles. The molecule has 57 heavy (non-hydrogen) atoms. The molecule has 0 saturated heterocycles. The van der Waals surface area contributed by atoms with Gasteiger partial charge in [0.15, 0.2) is 22.5 Å². The van der Waals surface area contributed by atoms with Crippen molar-refractivity contribution in [1.82, 2.24) is 29.9 Å². The Labute approximate surface area is 342 Å². The van der Waals surface area contributed by atoms with E-state index in [4.69, 9.17) is 34.7 Å². The molecule has 0 aliphatic heterocycles. The van der Waals surface area contributed by atoms with Gasteiger partial charge in [-0.1, -0.05) is 43.1 Å². The number of para-hydroxylation sites is 1. The molecule has 0 N–H and O–H groups in total. The molecule has 1 aromatic carbocycles. The lowest BCUT2D eigenvalue weighted by atomic mass is 9.49. The molecule has 302 valence electrons. The third kappa shape index (κ3) is 8.52. The molecule has 9 rings (SSSR count). The van der Waals surface area contributed by atoms with Crippen molar-refractivity contribution in [3.05, 3.63) is 65.6 Å². The van der Waals surface area contributed by atoms with Gasteiger partial charge in [-0.05, 0) is 138 Å². The number of ether oxygens (including phenoxy) is 2. The number of pyridine rings is 1. The molecular weight excluding hydrogens is 749 g/mol. The second kappa shape index (κ2) is 15.2. The smallest absolute Gasteiger partial charge is 0.358 e. The van der Waals surface area contributed by atoms with Crippen molar-refractivity contribution in [3.63, 3.8) is 0 Å². The van der Waals surface area contributed by atoms with Crippen LogP contribution in [0.15, 0.2) is 48.7 Å². The summed E-state index contributed by atoms with van der Waals surface area (Å²) in [5.41, 5.74) is 4.42. The maximum absolute atomic E-state index is 13.9. The van der Waals surface area contributed by atoms with E-state index in [0.717, 1.165) is 62.5 Å². The zero-order valence-corrected chi connectivity index (χ0v) is 36.9. The second-order valence-electron chi connectivity index (χ2n) is 19.3. The summed E-state index contributed by atoms with van der Waals surface area (Å²) in [5, 5.41) is 15.2. The average Bonchev–Trinajstić information content (AvgIpc) is 3.72. The zero-order valence-electron chi connectivity index (χ0n) is 35.1. The molecule has 13 heteroatoms. The second-order valence-corrected chi connectivity index (χ2v) is 25.9. The van der Waals surface area contributed by atoms with Crippen LogP contribution in [-0.2, 0) is 16.0 Å². The van der Waals surface area contributed by atoms with Crippen LogP contribution in [0.5, 0.6) is 0 Å². The number of benzene rings is 1. The maximum Gasteiger partial charge on any atom is 0.358 e. The number of esters is 1. The van der Waals surface area contributed by atoms with Crippen molar-refractivity contribution in [1.29, 1.82) is 0 Å². The third-order valence-corrected chi connectivity index (χ3v) is 14.9. The predicted octanol–water partition coefficient (Wildman–Crippen LogP) is 10.4. The molecule has 11 nitrogen and oxygen atoms in total. The number of aryl methyl sites for hydroxylation is 1. The van der Waals surface area contributed by atoms with Gasteiger partial charge in [0, 0.05) is 45.1 Å². The molecule has 4 aliphatic rings. The Morgan fingerprint density at radius 1 is 0.947 bits per heavy atom. The molecule has 5 aromatic rings. The Morgan fingerprint density at radius 2 is 1.65 bits per heavy atom. The predicted molar refractivity (Wildman–Crippen MR) is 232 cm³/mol. The number of fused-ring (bicyclic) bond motifs is 1. The van der Waals surface area contributed by atoms with Crippen molar-refractivity contribution >= 4 is 58.2 Å². The van der Waals surface area contributed by atoms with Crippen LogP contribution in [0.4, 0.5) is 22.6 Å². The lowest BCUT2D eigenvalue weighted by Gasteiger charge is -2.56. The fourth-order valence-electron chi connectivity index (χ4n) is 9.74. The van der Waals surface area contributed by atoms with Gasteiger partial charge in [0.25, 0.3) is 0 Å². The van der Waals surface area contributed by atoms with Crippen LogP contribution in [0.3, 0.4) is 0 Å². The summed E-state index contributed by atoms with van der Waals surface area (Å²) >= 11 is 1.61. The molecule has 0 atom stereocenters. The number of nitrogens with zero attached hydrogens (tertiary/aromatic N) is 8. The number of thiazole rings is 1. The number of anilines is 4. The first-order chi connectivity index (χ1) is 27.0. The quantitative estimate of drug-likeness (QED) is 0.0493. The number of carbonyl (C=O) groups is 1. The summed E-state index contributed by atoms with van der Waals surface area (Å²) < 4.78 is 15.5. The van der Waals surface area contributed by atoms with Crippen LogP contribution < -0.4 is 9.80 Å². The Balaban J connectivity index is 1.08. The van der Waals surface area contributed by atoms with Gasteiger partial charge in [-0.25, -0.2) is 14.8 Å². The molecule has 4 bridgehead atoms. The van der Waals surface area contributed by atoms with Crippen molar-refractivity contribution < 1.29 is 14.3 Å². The summed E-state index contributed by atoms with van der Waals surface area (Å²) in [6.45, 7) is 18.8. The van der Waals surface area contributed by atoms with Gasteiger partial charge in [0.05, 0.1) is 16.4 Å². The number of rotatable bonds is 13. The fourth-order valence-corrected chi connectivity index (χ4v) is 11.4. The van der Waals surface area contributed by atoms with Gasteiger partial charge in [0.1, 0.15) is 18.1 Å². The first-order valence-corrected chi connectivity index (χ1v) is 25.1. The molecule has 0 amide bonds. The minimum Gasteiger partial charge on any atom is -0.455 e. The van der Waals surface area contributed by atoms with Crippen LogP contribution in [0.2, 0.25) is 25.7 Å². The number of hydrogen-bond acceptors (Lipinski definition) is 11. The van der Waals surface area contributed by atoms with E-state index in [9.17, 15) is 4.79 Å². The van der Waals surface area contributed by atoms with Gasteiger partial charge in [-0.15, -0.1) is 10.2 Å². The van der Waals surface area contributed by atoms with Crippen LogP contribution in [0.1, 0.15) is 81.0 Å². The van der Waals surface area contributed by atoms with Gasteiger partial charge in [-0.2, -0.15) is 5.10 Å². The Kier molecular flexibility index (Phi) is 10.6. The van der Waals surface area contributed by atoms with Crippen LogP contribution in [0, 0.1) is 37.0 Å². The minimum atomic E-state index is -1.27. The maximum atomic E-state index is 13.9. The number of hydrogen-bond donors (Lipinski definition) is 0. The van der Waals surface area contributed by atoms with Crippen molar-refractivity contribution in [2.75, 3.05) is 30.2 Å². The van der Waals surface area contributed by atoms with Crippen molar-refractivity contribution in [2.45, 2.75) is 111 Å². The van der Waals surface area contributed by atoms with Crippen molar-refractivity contribution in [2.24, 2.45) is 23.2 Å². The lowest BCUT2D eigenvalue weighted by Crippen LogP contribution is -2.48. The SMILES string of the molecule is Cc1cc(N(C)c2ccc(-c3cnn(CC45CC6CC(CC(C6)C4)C5)c3C)c(C(=O)OC(C)(C)C)n2)nnc1N(COCC[Si](C)(C)C)c1nc2ccccc2s1. The minimum absolute atomic E-state index is 0.255. The van der Waals surface area contributed by atoms with Crippen molar-refractivity contribution in [3.8, 4) is 11.1 Å². The first kappa shape index (κ1) is 39.6. The summed E-state index contributed by atoms with van der Waals surface area (Å²) in [5.74, 6) is 3.98. The van der Waals surface area contributed by atoms with Crippen LogP contribution >= 0.6 is 11.3 Å². The number of aromatic nitrogens is 6. The van der Waals surface area contributed by atoms with Gasteiger partial charge in [0.2, 0.25) is 0 Å². The molecular formula is C44H58N8O3SSi. The topological polar surface area (TPSA) is 111 Å². The van der Waals surface area contributed by atoms with E-state index in [-0.39, 0.29) is 5.69 Å². The molecule has 4 aromatic heterocycles. The van der Waals surface area contributed by atoms with E-state index in [1.54, 1.807) is 11.3 Å². The standard InChI is InChI=1S/C44H58N8O3SSi/c1-28-18-38(48-49-40(28)51(27-54-16-17-57(7,8)9)42-46-35-12-10-11-13-36(35)56-42)50(6)37-15-14-33(39(47-37)41(53)55-43(3,4)5)34-25-45-52(29(34)2)26-44-22-30-19-31(23-44)21-32(20-30)24-44/h10-15,18,25,30-32H,16-17,19-24,26-27H2,1-9H3. The highest BCUT2D eigenvalue weighted by Gasteiger charge is 2.51. The molecule has 0 unspecified atom stereocenters. The molecule has 4 fully saturated rings. The molecule has 0 spiro atoms. The van der Waals surface area contributed by atoms with E-state index in [1.807, 2.05) is 87.1 Å². The van der Waals surface area contributed by atoms with Crippen LogP contribution in [0.25, 0.3) is 21.3 Å². The van der Waals surface area contributed by atoms with E-state index in [0.29, 0.717) is 41.8 Å². The monoisotopic (exact) mass is 806 g/mol. The summed E-state index contributed by atoms with van der Waals surface area (Å²) in [7, 11) is 0.624. The van der Waals surface area contributed by atoms with E-state index in [1.165, 1.54) is 38.5 Å². The third-order valence-electron chi connectivity index (χ3n) is 12.1. The molecule has 4 heterocycles. The van der Waals surface area contributed by atoms with Gasteiger partial charge in [-0.3, -0.25) is 9.58 Å². The highest BCUT2D eigenvalue weighted by atomic mass is 32.1. The zero-order chi connectivity index (χ0) is 40.3. The van der Waals surface area contributed by atoms with Gasteiger partial charge >= 0.3 is 5.97 Å². The summed E-state index contributed by atoms with van der Waals surface area (Å²) in [4.78, 5) is 27.7. The average molecular weight is 807 g/mol. The Morgan fingerprint density at radius 3 is 2.30 bits per heavy atom. The summed E-state index contributed by atoms with van der Waals surface area (Å²) in [6.07, 6.45) is 10.1. The van der Waals surface area contributed by atoms with Gasteiger partial charge < -0.3 is 14.4 Å². The highest BCUT2D eigenvalue weighted by molar-refractivity contribution is 7.22. The summed E-state index contributed by atoms with van der Waals surface area (Å²) in [6, 6.07) is 15.1. The largest absolute Gasteiger partial charge is 0.455 e. The van der Waals surface area contributed by atoms with E-state index >= 15 is 0 Å². The van der Waals surface area contributed by atoms with E-state index in [2.05, 4.69) is 37.3 Å². The molecule has 4 aliphatic carbocycles. The Bertz CT molecular complexity index is 2200. The number of carbonyl (C=O) groups excluding carboxylic acids is 1. The normalized spacial score (nSPS) is 21.7. The highest BCUT2D eigenvalue weighted by Crippen LogP contribution is 2.60. The Hall–Kier alpha value is -4.20. The molecule has 0 radical (unpaired) electrons.